The summed E-state index contributed by atoms with van der Waals surface area (Å²) in [6.07, 6.45) is 3.33. The summed E-state index contributed by atoms with van der Waals surface area (Å²) < 4.78 is 5.52. The third-order valence-electron chi connectivity index (χ3n) is 2.21. The maximum atomic E-state index is 5.52. The molecular formula is C12H27NOS. The van der Waals surface area contributed by atoms with Crippen LogP contribution in [0.15, 0.2) is 0 Å². The Labute approximate surface area is 99.5 Å². The van der Waals surface area contributed by atoms with Gasteiger partial charge in [-0.1, -0.05) is 20.8 Å². The van der Waals surface area contributed by atoms with E-state index in [2.05, 4.69) is 32.3 Å². The Morgan fingerprint density at radius 3 is 2.53 bits per heavy atom. The minimum Gasteiger partial charge on any atom is -0.380 e. The summed E-state index contributed by atoms with van der Waals surface area (Å²) in [4.78, 5) is 0. The van der Waals surface area contributed by atoms with Crippen LogP contribution in [0.25, 0.3) is 0 Å². The first kappa shape index (κ1) is 15.3. The summed E-state index contributed by atoms with van der Waals surface area (Å²) in [6, 6.07) is 0. The molecule has 0 amide bonds. The van der Waals surface area contributed by atoms with Gasteiger partial charge in [0.1, 0.15) is 0 Å². The van der Waals surface area contributed by atoms with E-state index < -0.39 is 0 Å². The molecular weight excluding hydrogens is 206 g/mol. The first-order valence-corrected chi connectivity index (χ1v) is 7.33. The van der Waals surface area contributed by atoms with Gasteiger partial charge in [0.05, 0.1) is 6.61 Å². The highest BCUT2D eigenvalue weighted by atomic mass is 32.2. The van der Waals surface area contributed by atoms with Gasteiger partial charge in [-0.15, -0.1) is 0 Å². The summed E-state index contributed by atoms with van der Waals surface area (Å²) in [5, 5.41) is 3.42. The zero-order chi connectivity index (χ0) is 11.5. The molecule has 0 aromatic carbocycles. The van der Waals surface area contributed by atoms with Gasteiger partial charge in [-0.25, -0.2) is 0 Å². The Bertz CT molecular complexity index is 131. The molecule has 0 aliphatic rings. The summed E-state index contributed by atoms with van der Waals surface area (Å²) in [6.45, 7) is 10.6. The number of nitrogens with one attached hydrogen (secondary N) is 1. The normalized spacial score (nSPS) is 13.4. The van der Waals surface area contributed by atoms with Crippen molar-refractivity contribution >= 4 is 11.8 Å². The van der Waals surface area contributed by atoms with E-state index in [0.29, 0.717) is 0 Å². The van der Waals surface area contributed by atoms with Crippen LogP contribution in [0.4, 0.5) is 0 Å². The van der Waals surface area contributed by atoms with E-state index in [0.717, 1.165) is 38.1 Å². The largest absolute Gasteiger partial charge is 0.380 e. The Hall–Kier alpha value is 0.270. The summed E-state index contributed by atoms with van der Waals surface area (Å²) >= 11 is 1.91. The molecule has 2 nitrogen and oxygen atoms in total. The van der Waals surface area contributed by atoms with Crippen LogP contribution in [0.1, 0.15) is 27.2 Å². The van der Waals surface area contributed by atoms with Crippen molar-refractivity contribution in [3.05, 3.63) is 0 Å². The Morgan fingerprint density at radius 2 is 1.93 bits per heavy atom. The molecule has 0 fully saturated rings. The number of ether oxygens (including phenoxy) is 1. The molecule has 3 heteroatoms. The standard InChI is InChI=1S/C12H27NOS/c1-11(2)5-7-14-8-6-13-9-12(3)10-15-4/h11-13H,5-10H2,1-4H3. The van der Waals surface area contributed by atoms with E-state index >= 15 is 0 Å². The SMILES string of the molecule is CSCC(C)CNCCOCCC(C)C. The lowest BCUT2D eigenvalue weighted by atomic mass is 10.1. The van der Waals surface area contributed by atoms with Gasteiger partial charge in [0, 0.05) is 13.2 Å². The van der Waals surface area contributed by atoms with Gasteiger partial charge in [0.15, 0.2) is 0 Å². The number of thioether (sulfide) groups is 1. The Balaban J connectivity index is 3.04. The molecule has 1 atom stereocenters. The second-order valence-electron chi connectivity index (χ2n) is 4.56. The minimum absolute atomic E-state index is 0.750. The van der Waals surface area contributed by atoms with Gasteiger partial charge in [-0.05, 0) is 36.8 Å². The van der Waals surface area contributed by atoms with E-state index in [-0.39, 0.29) is 0 Å². The van der Waals surface area contributed by atoms with Crippen molar-refractivity contribution in [1.82, 2.24) is 5.32 Å². The molecule has 0 spiro atoms. The molecule has 0 heterocycles. The third-order valence-corrected chi connectivity index (χ3v) is 3.11. The molecule has 1 unspecified atom stereocenters. The third kappa shape index (κ3) is 12.2. The fourth-order valence-corrected chi connectivity index (χ4v) is 1.94. The van der Waals surface area contributed by atoms with E-state index in [1.807, 2.05) is 11.8 Å². The average molecular weight is 233 g/mol. The molecule has 0 aromatic heterocycles. The second kappa shape index (κ2) is 10.8. The van der Waals surface area contributed by atoms with Crippen LogP contribution in [0.2, 0.25) is 0 Å². The van der Waals surface area contributed by atoms with E-state index in [1.54, 1.807) is 0 Å². The molecule has 0 bridgehead atoms. The smallest absolute Gasteiger partial charge is 0.0590 e. The second-order valence-corrected chi connectivity index (χ2v) is 5.47. The van der Waals surface area contributed by atoms with E-state index in [9.17, 15) is 0 Å². The maximum Gasteiger partial charge on any atom is 0.0590 e. The molecule has 0 rings (SSSR count). The molecule has 0 aromatic rings. The Morgan fingerprint density at radius 1 is 1.20 bits per heavy atom. The molecule has 1 N–H and O–H groups in total. The van der Waals surface area contributed by atoms with Gasteiger partial charge in [0.2, 0.25) is 0 Å². The molecule has 0 saturated carbocycles. The van der Waals surface area contributed by atoms with E-state index in [1.165, 1.54) is 12.2 Å². The summed E-state index contributed by atoms with van der Waals surface area (Å²) in [7, 11) is 0. The molecule has 0 aliphatic heterocycles. The van der Waals surface area contributed by atoms with Crippen molar-refractivity contribution in [1.29, 1.82) is 0 Å². The highest BCUT2D eigenvalue weighted by Gasteiger charge is 1.99. The predicted molar refractivity (Wildman–Crippen MR) is 70.7 cm³/mol. The first-order chi connectivity index (χ1) is 7.16. The van der Waals surface area contributed by atoms with Crippen LogP contribution in [-0.4, -0.2) is 38.3 Å². The minimum atomic E-state index is 0.750. The summed E-state index contributed by atoms with van der Waals surface area (Å²) in [5.74, 6) is 2.75. The summed E-state index contributed by atoms with van der Waals surface area (Å²) in [5.41, 5.74) is 0. The lowest BCUT2D eigenvalue weighted by Gasteiger charge is -2.11. The van der Waals surface area contributed by atoms with Crippen LogP contribution in [0.5, 0.6) is 0 Å². The van der Waals surface area contributed by atoms with Crippen LogP contribution < -0.4 is 5.32 Å². The van der Waals surface area contributed by atoms with Crippen LogP contribution in [0, 0.1) is 11.8 Å². The topological polar surface area (TPSA) is 21.3 Å². The van der Waals surface area contributed by atoms with Crippen molar-refractivity contribution in [2.24, 2.45) is 11.8 Å². The predicted octanol–water partition coefficient (Wildman–Crippen LogP) is 2.64. The molecule has 15 heavy (non-hydrogen) atoms. The fourth-order valence-electron chi connectivity index (χ4n) is 1.26. The fraction of sp³-hybridized carbons (Fsp3) is 1.00. The highest BCUT2D eigenvalue weighted by Crippen LogP contribution is 2.02. The molecule has 0 saturated heterocycles. The zero-order valence-electron chi connectivity index (χ0n) is 10.7. The van der Waals surface area contributed by atoms with Gasteiger partial charge >= 0.3 is 0 Å². The van der Waals surface area contributed by atoms with Crippen LogP contribution >= 0.6 is 11.8 Å². The van der Waals surface area contributed by atoms with Gasteiger partial charge < -0.3 is 10.1 Å². The average Bonchev–Trinajstić information content (AvgIpc) is 2.16. The monoisotopic (exact) mass is 233 g/mol. The van der Waals surface area contributed by atoms with Crippen molar-refractivity contribution in [2.45, 2.75) is 27.2 Å². The molecule has 92 valence electrons. The highest BCUT2D eigenvalue weighted by molar-refractivity contribution is 7.98. The van der Waals surface area contributed by atoms with Gasteiger partial charge in [-0.2, -0.15) is 11.8 Å². The first-order valence-electron chi connectivity index (χ1n) is 5.94. The maximum absolute atomic E-state index is 5.52. The molecule has 0 radical (unpaired) electrons. The van der Waals surface area contributed by atoms with Crippen molar-refractivity contribution in [3.63, 3.8) is 0 Å². The lowest BCUT2D eigenvalue weighted by molar-refractivity contribution is 0.125. The van der Waals surface area contributed by atoms with Crippen molar-refractivity contribution < 1.29 is 4.74 Å². The van der Waals surface area contributed by atoms with Crippen molar-refractivity contribution in [2.75, 3.05) is 38.3 Å². The van der Waals surface area contributed by atoms with Gasteiger partial charge in [0.25, 0.3) is 0 Å². The van der Waals surface area contributed by atoms with Crippen molar-refractivity contribution in [3.8, 4) is 0 Å². The van der Waals surface area contributed by atoms with E-state index in [4.69, 9.17) is 4.74 Å². The number of hydrogen-bond acceptors (Lipinski definition) is 3. The number of hydrogen-bond donors (Lipinski definition) is 1. The number of rotatable bonds is 10. The van der Waals surface area contributed by atoms with Crippen LogP contribution in [0.3, 0.4) is 0 Å². The quantitative estimate of drug-likeness (QED) is 0.586. The molecule has 0 aliphatic carbocycles. The lowest BCUT2D eigenvalue weighted by Crippen LogP contribution is -2.26. The van der Waals surface area contributed by atoms with Crippen LogP contribution in [-0.2, 0) is 4.74 Å². The van der Waals surface area contributed by atoms with Gasteiger partial charge in [-0.3, -0.25) is 0 Å². The Kier molecular flexibility index (Phi) is 11.0. The zero-order valence-corrected chi connectivity index (χ0v) is 11.5.